The summed E-state index contributed by atoms with van der Waals surface area (Å²) in [7, 11) is 4.61. The minimum absolute atomic E-state index is 0.110. The molecule has 662 valence electrons. The van der Waals surface area contributed by atoms with Gasteiger partial charge in [-0.25, -0.2) is 0 Å². The van der Waals surface area contributed by atoms with E-state index in [1.807, 2.05) is 36.7 Å². The van der Waals surface area contributed by atoms with Crippen LogP contribution in [-0.2, 0) is 44.5 Å². The number of halogens is 3. The molecular formula is C104H169ClF2N2O6Pt. The van der Waals surface area contributed by atoms with E-state index in [1.54, 1.807) is 18.8 Å². The Hall–Kier alpha value is -4.40. The molecule has 5 aromatic rings. The molecule has 12 heteroatoms. The summed E-state index contributed by atoms with van der Waals surface area (Å²) < 4.78 is 72.6. The van der Waals surface area contributed by atoms with E-state index in [1.165, 1.54) is 308 Å². The van der Waals surface area contributed by atoms with Crippen molar-refractivity contribution in [2.75, 3.05) is 39.6 Å². The van der Waals surface area contributed by atoms with E-state index < -0.39 is 11.6 Å². The van der Waals surface area contributed by atoms with Crippen molar-refractivity contribution in [3.05, 3.63) is 107 Å². The molecule has 0 spiro atoms. The summed E-state index contributed by atoms with van der Waals surface area (Å²) in [6.45, 7) is 17.5. The number of rotatable bonds is 80. The predicted molar refractivity (Wildman–Crippen MR) is 489 cm³/mol. The van der Waals surface area contributed by atoms with Gasteiger partial charge in [0, 0.05) is 23.8 Å². The molecule has 0 bridgehead atoms. The van der Waals surface area contributed by atoms with Gasteiger partial charge in [-0.3, -0.25) is 18.7 Å². The summed E-state index contributed by atoms with van der Waals surface area (Å²) in [5.41, 5.74) is 5.22. The molecule has 0 radical (unpaired) electrons. The van der Waals surface area contributed by atoms with Crippen molar-refractivity contribution >= 4 is 9.42 Å². The van der Waals surface area contributed by atoms with Crippen molar-refractivity contribution in [2.45, 2.75) is 452 Å². The summed E-state index contributed by atoms with van der Waals surface area (Å²) >= 11 is 1.61. The predicted octanol–water partition coefficient (Wildman–Crippen LogP) is 33.9. The molecule has 116 heavy (non-hydrogen) atoms. The minimum atomic E-state index is -0.715. The molecule has 0 saturated carbocycles. The number of nitrogens with zero attached hydrogens (tertiary/aromatic N) is 2. The first kappa shape index (κ1) is 104. The van der Waals surface area contributed by atoms with E-state index in [0.29, 0.717) is 63.9 Å². The van der Waals surface area contributed by atoms with Crippen molar-refractivity contribution in [2.24, 2.45) is 0 Å². The summed E-state index contributed by atoms with van der Waals surface area (Å²) in [6, 6.07) is 20.4. The third-order valence-corrected chi connectivity index (χ3v) is 23.2. The molecule has 0 aliphatic carbocycles. The van der Waals surface area contributed by atoms with Crippen LogP contribution in [0.15, 0.2) is 67.0 Å². The number of benzene rings is 3. The molecule has 0 amide bonds. The number of pyridine rings is 2. The topological polar surface area (TPSA) is 81.2 Å². The van der Waals surface area contributed by atoms with E-state index in [4.69, 9.17) is 38.4 Å². The van der Waals surface area contributed by atoms with E-state index in [-0.39, 0.29) is 11.1 Å². The van der Waals surface area contributed by atoms with Crippen LogP contribution in [0, 0.1) is 17.7 Å². The fourth-order valence-corrected chi connectivity index (χ4v) is 15.8. The first-order valence-corrected chi connectivity index (χ1v) is 51.7. The van der Waals surface area contributed by atoms with Gasteiger partial charge in [0.15, 0.2) is 23.0 Å². The number of hydrogen-bond donors (Lipinski definition) is 0. The monoisotopic (exact) mass is 1810 g/mol. The van der Waals surface area contributed by atoms with E-state index in [9.17, 15) is 0 Å². The maximum atomic E-state index is 16.0. The van der Waals surface area contributed by atoms with Gasteiger partial charge < -0.3 is 28.4 Å². The molecule has 0 fully saturated rings. The van der Waals surface area contributed by atoms with Crippen LogP contribution in [-0.4, -0.2) is 49.6 Å². The summed E-state index contributed by atoms with van der Waals surface area (Å²) in [6.07, 6.45) is 82.7. The molecule has 8 nitrogen and oxygen atoms in total. The van der Waals surface area contributed by atoms with Crippen LogP contribution in [0.2, 0.25) is 0 Å². The molecule has 0 unspecified atom stereocenters. The van der Waals surface area contributed by atoms with Crippen molar-refractivity contribution in [1.29, 1.82) is 0 Å². The van der Waals surface area contributed by atoms with Crippen molar-refractivity contribution < 1.29 is 56.0 Å². The van der Waals surface area contributed by atoms with Gasteiger partial charge in [-0.15, -0.1) is 6.07 Å². The second-order valence-electron chi connectivity index (χ2n) is 33.8. The normalized spacial score (nSPS) is 11.4. The van der Waals surface area contributed by atoms with Crippen molar-refractivity contribution in [3.8, 4) is 57.0 Å². The standard InChI is InChI=1S/C104H169F2N2O6.ClH.Pt/c1-7-13-19-25-31-37-43-49-55-61-75-109-99-81-91(82-100(110-76-62-56-50-44-38-32-26-20-14-8-2)103(99)113-79-65-59-53-47-41-35-29-23-17-11-5)69-67-89-71-73-97(107-87-89)93-85-94(96(106)86-95(93)105)98-74-72-90(88-108-98)68-70-92-83-101(111-77-63-57-51-45-39-33-27-21-15-9-3)104(114-80-66-60-54-48-42-36-30-24-18-12-6)102(84-92)112-78-64-58-52-46-40-34-28-22-16-10-4;;/h71-74,81-84,86-88H,7-70,75-80H2,1-6H3;1H;/q-1;;+2/p-1. The molecule has 5 rings (SSSR count). The molecule has 0 aliphatic rings. The Kier molecular flexibility index (Phi) is 66.7. The maximum absolute atomic E-state index is 16.0. The van der Waals surface area contributed by atoms with Crippen LogP contribution in [0.25, 0.3) is 22.5 Å². The summed E-state index contributed by atoms with van der Waals surface area (Å²) in [5.74, 6) is 3.14. The molecule has 2 heterocycles. The number of aryl methyl sites for hydroxylation is 4. The van der Waals surface area contributed by atoms with Crippen LogP contribution in [0.3, 0.4) is 0 Å². The Morgan fingerprint density at radius 2 is 0.440 bits per heavy atom. The fraction of sp³-hybridized carbons (Fsp3) is 0.731. The van der Waals surface area contributed by atoms with Gasteiger partial charge in [0.2, 0.25) is 11.5 Å². The van der Waals surface area contributed by atoms with Gasteiger partial charge in [0.05, 0.1) is 51.3 Å². The zero-order valence-electron chi connectivity index (χ0n) is 75.1. The van der Waals surface area contributed by atoms with Crippen LogP contribution >= 0.6 is 9.42 Å². The number of hydrogen-bond acceptors (Lipinski definition) is 8. The SMILES string of the molecule is CCCCCCCCCCCCOc1cc(CCc2ccc(-c3[c-]c(-c4ccc(CCc5cc(OCCCCCCCCCCCC)c(OCCCCCCCCCCCC)c(OCCCCCCCCCCCC)c5)cn4)c(F)cc3F)nc2)cc(OCCCCCCCCCCCC)c1OCCCCCCCCCCCC.[Cl][Pt+]. The third kappa shape index (κ3) is 50.7. The zero-order valence-corrected chi connectivity index (χ0v) is 78.2. The Labute approximate surface area is 726 Å². The number of unbranched alkanes of at least 4 members (excludes halogenated alkanes) is 54. The molecule has 0 atom stereocenters. The molecule has 3 aromatic carbocycles. The Balaban J connectivity index is 0.0000140. The summed E-state index contributed by atoms with van der Waals surface area (Å²) in [4.78, 5) is 9.61. The molecule has 2 aromatic heterocycles. The second-order valence-corrected chi connectivity index (χ2v) is 33.8. The van der Waals surface area contributed by atoms with Gasteiger partial charge in [0.25, 0.3) is 0 Å². The average molecular weight is 1810 g/mol. The molecule has 0 aliphatic heterocycles. The quantitative estimate of drug-likeness (QED) is 0.0281. The first-order chi connectivity index (χ1) is 57.3. The van der Waals surface area contributed by atoms with Crippen LogP contribution < -0.4 is 28.4 Å². The third-order valence-electron chi connectivity index (χ3n) is 23.2. The van der Waals surface area contributed by atoms with Gasteiger partial charge >= 0.3 is 28.2 Å². The Morgan fingerprint density at radius 1 is 0.250 bits per heavy atom. The van der Waals surface area contributed by atoms with E-state index >= 15 is 8.78 Å². The van der Waals surface area contributed by atoms with E-state index in [2.05, 4.69) is 81.3 Å². The molecular weight excluding hydrogens is 1640 g/mol. The van der Waals surface area contributed by atoms with Gasteiger partial charge in [-0.05, 0) is 111 Å². The van der Waals surface area contributed by atoms with Crippen LogP contribution in [0.1, 0.15) is 449 Å². The average Bonchev–Trinajstić information content (AvgIpc) is 0.801. The Morgan fingerprint density at radius 3 is 0.638 bits per heavy atom. The number of aromatic nitrogens is 2. The van der Waals surface area contributed by atoms with Gasteiger partial charge in [0.1, 0.15) is 0 Å². The van der Waals surface area contributed by atoms with E-state index in [0.717, 1.165) is 153 Å². The zero-order chi connectivity index (χ0) is 82.9. The van der Waals surface area contributed by atoms with Gasteiger partial charge in [-0.1, -0.05) is 430 Å². The van der Waals surface area contributed by atoms with Crippen molar-refractivity contribution in [3.63, 3.8) is 0 Å². The summed E-state index contributed by atoms with van der Waals surface area (Å²) in [5, 5.41) is 0. The fourth-order valence-electron chi connectivity index (χ4n) is 15.8. The van der Waals surface area contributed by atoms with Crippen molar-refractivity contribution in [1.82, 2.24) is 9.97 Å². The second kappa shape index (κ2) is 74.4. The molecule has 0 N–H and O–H groups in total. The van der Waals surface area contributed by atoms with Crippen LogP contribution in [0.5, 0.6) is 34.5 Å². The van der Waals surface area contributed by atoms with Crippen LogP contribution in [0.4, 0.5) is 8.78 Å². The first-order valence-electron chi connectivity index (χ1n) is 48.9. The Bertz CT molecular complexity index is 2770. The van der Waals surface area contributed by atoms with Gasteiger partial charge in [-0.2, -0.15) is 0 Å². The number of ether oxygens (including phenoxy) is 6. The molecule has 0 saturated heterocycles.